The summed E-state index contributed by atoms with van der Waals surface area (Å²) in [6.07, 6.45) is 10.4. The van der Waals surface area contributed by atoms with Gasteiger partial charge in [-0.3, -0.25) is 14.4 Å². The van der Waals surface area contributed by atoms with Crippen molar-refractivity contribution < 1.29 is 14.4 Å². The number of unbranched alkanes of at least 4 members (excludes halogenated alkanes) is 1. The molecule has 47 heavy (non-hydrogen) atoms. The molecule has 10 nitrogen and oxygen atoms in total. The minimum absolute atomic E-state index is 0.135. The summed E-state index contributed by atoms with van der Waals surface area (Å²) in [7, 11) is 3.87. The number of benzene rings is 1. The Morgan fingerprint density at radius 3 is 2.13 bits per heavy atom. The minimum Gasteiger partial charge on any atom is -0.371 e. The molecule has 0 atom stereocenters. The molecule has 2 N–H and O–H groups in total. The highest BCUT2D eigenvalue weighted by molar-refractivity contribution is 8.03. The number of anilines is 1. The number of hydrogen-bond acceptors (Lipinski definition) is 9. The van der Waals surface area contributed by atoms with Crippen LogP contribution in [0.2, 0.25) is 0 Å². The van der Waals surface area contributed by atoms with E-state index in [-0.39, 0.29) is 36.2 Å². The largest absolute Gasteiger partial charge is 0.371 e. The molecule has 2 aromatic rings. The van der Waals surface area contributed by atoms with Crippen LogP contribution >= 0.6 is 23.1 Å². The molecule has 0 aliphatic carbocycles. The van der Waals surface area contributed by atoms with Gasteiger partial charge in [0.1, 0.15) is 0 Å². The summed E-state index contributed by atoms with van der Waals surface area (Å²) in [5.74, 6) is 0.496. The number of likely N-dealkylation sites (tertiary alicyclic amines) is 3. The lowest BCUT2D eigenvalue weighted by molar-refractivity contribution is -0.136. The van der Waals surface area contributed by atoms with Gasteiger partial charge in [-0.1, -0.05) is 42.5 Å². The number of aromatic nitrogens is 1. The third kappa shape index (κ3) is 9.00. The molecule has 5 rings (SSSR count). The van der Waals surface area contributed by atoms with Crippen LogP contribution in [0.4, 0.5) is 5.13 Å². The third-order valence-corrected chi connectivity index (χ3v) is 12.2. The first-order valence-electron chi connectivity index (χ1n) is 17.3. The van der Waals surface area contributed by atoms with Gasteiger partial charge in [0.05, 0.1) is 34.9 Å². The van der Waals surface area contributed by atoms with Crippen molar-refractivity contribution in [2.75, 3.05) is 78.3 Å². The van der Waals surface area contributed by atoms with Gasteiger partial charge < -0.3 is 30.2 Å². The van der Waals surface area contributed by atoms with Crippen LogP contribution in [0.15, 0.2) is 22.1 Å². The van der Waals surface area contributed by atoms with E-state index in [0.29, 0.717) is 6.54 Å². The van der Waals surface area contributed by atoms with Crippen LogP contribution < -0.4 is 10.6 Å². The molecule has 3 saturated heterocycles. The summed E-state index contributed by atoms with van der Waals surface area (Å²) in [6, 6.07) is 2.19. The predicted molar refractivity (Wildman–Crippen MR) is 193 cm³/mol. The van der Waals surface area contributed by atoms with Crippen LogP contribution in [-0.4, -0.2) is 115 Å². The molecule has 258 valence electrons. The molecule has 1 aromatic heterocycles. The number of aryl methyl sites for hydroxylation is 1. The normalized spacial score (nSPS) is 18.4. The van der Waals surface area contributed by atoms with E-state index in [9.17, 15) is 14.4 Å². The Bertz CT molecular complexity index is 1450. The number of likely N-dealkylation sites (N-methyl/N-ethyl adjacent to an activating group) is 1. The van der Waals surface area contributed by atoms with Crippen molar-refractivity contribution >= 4 is 56.2 Å². The maximum absolute atomic E-state index is 13.4. The van der Waals surface area contributed by atoms with Crippen LogP contribution in [0.5, 0.6) is 0 Å². The lowest BCUT2D eigenvalue weighted by Gasteiger charge is -2.47. The standard InChI is InChI=1S/C35H53N7O3S2/c1-6-7-10-29(36-22-30(43)41-17-11-35(12-18-41)13-19-42(20-14-35)32(45)24-39(4)5)46-27-21-28-33(26(3)25(27)2)38-34(47-28)37-23-31(44)40-15-8-9-16-40/h10,21,36H,6-9,11-20,22-24H2,1-5H3,(H,37,38)/b29-10+. The Balaban J connectivity index is 1.15. The number of thioether (sulfide) groups is 1. The van der Waals surface area contributed by atoms with Crippen LogP contribution in [-0.2, 0) is 14.4 Å². The second-order valence-electron chi connectivity index (χ2n) is 13.7. The highest BCUT2D eigenvalue weighted by Crippen LogP contribution is 2.41. The third-order valence-electron chi connectivity index (χ3n) is 10.1. The molecular formula is C35H53N7O3S2. The quantitative estimate of drug-likeness (QED) is 0.300. The van der Waals surface area contributed by atoms with Gasteiger partial charge in [-0.05, 0) is 95.5 Å². The van der Waals surface area contributed by atoms with Crippen molar-refractivity contribution in [3.63, 3.8) is 0 Å². The Morgan fingerprint density at radius 2 is 1.51 bits per heavy atom. The number of carbonyl (C=O) groups excluding carboxylic acids is 3. The molecule has 0 radical (unpaired) electrons. The topological polar surface area (TPSA) is 101 Å². The molecule has 0 saturated carbocycles. The molecule has 1 aromatic carbocycles. The van der Waals surface area contributed by atoms with Crippen molar-refractivity contribution in [3.8, 4) is 0 Å². The fourth-order valence-electron chi connectivity index (χ4n) is 6.85. The zero-order valence-electron chi connectivity index (χ0n) is 29.0. The first kappa shape index (κ1) is 35.5. The summed E-state index contributed by atoms with van der Waals surface area (Å²) in [6.45, 7) is 12.4. The molecule has 12 heteroatoms. The van der Waals surface area contributed by atoms with Gasteiger partial charge in [0.25, 0.3) is 0 Å². The van der Waals surface area contributed by atoms with Crippen LogP contribution in [0.3, 0.4) is 0 Å². The van der Waals surface area contributed by atoms with Crippen molar-refractivity contribution in [1.82, 2.24) is 29.9 Å². The smallest absolute Gasteiger partial charge is 0.241 e. The Hall–Kier alpha value is -2.83. The lowest BCUT2D eigenvalue weighted by atomic mass is 9.71. The summed E-state index contributed by atoms with van der Waals surface area (Å²) in [5.41, 5.74) is 3.55. The van der Waals surface area contributed by atoms with Crippen LogP contribution in [0.25, 0.3) is 10.2 Å². The number of amides is 3. The van der Waals surface area contributed by atoms with Gasteiger partial charge in [-0.2, -0.15) is 0 Å². The van der Waals surface area contributed by atoms with E-state index in [2.05, 4.69) is 43.5 Å². The summed E-state index contributed by atoms with van der Waals surface area (Å²) in [4.78, 5) is 52.3. The zero-order valence-corrected chi connectivity index (χ0v) is 30.6. The van der Waals surface area contributed by atoms with Crippen LogP contribution in [0.1, 0.15) is 69.4 Å². The van der Waals surface area contributed by atoms with E-state index >= 15 is 0 Å². The lowest BCUT2D eigenvalue weighted by Crippen LogP contribution is -2.51. The average molecular weight is 684 g/mol. The number of allylic oxidation sites excluding steroid dienone is 1. The van der Waals surface area contributed by atoms with Crippen LogP contribution in [0, 0.1) is 19.3 Å². The van der Waals surface area contributed by atoms with Gasteiger partial charge in [0.2, 0.25) is 17.7 Å². The SMILES string of the molecule is CCC/C=C(\NCC(=O)N1CCC2(CC1)CCN(C(=O)CN(C)C)CC2)Sc1cc2sc(NCC(=O)N3CCCC3)nc2c(C)c1C. The van der Waals surface area contributed by atoms with Crippen molar-refractivity contribution in [1.29, 1.82) is 0 Å². The second-order valence-corrected chi connectivity index (χ2v) is 15.9. The maximum Gasteiger partial charge on any atom is 0.241 e. The fourth-order valence-corrected chi connectivity index (χ4v) is 8.95. The monoisotopic (exact) mass is 683 g/mol. The molecular weight excluding hydrogens is 631 g/mol. The molecule has 3 aliphatic rings. The Labute approximate surface area is 288 Å². The first-order valence-corrected chi connectivity index (χ1v) is 19.0. The van der Waals surface area contributed by atoms with E-state index in [4.69, 9.17) is 4.98 Å². The van der Waals surface area contributed by atoms with E-state index in [1.807, 2.05) is 33.7 Å². The van der Waals surface area contributed by atoms with Gasteiger partial charge in [0.15, 0.2) is 5.13 Å². The van der Waals surface area contributed by atoms with Gasteiger partial charge in [-0.25, -0.2) is 4.98 Å². The highest BCUT2D eigenvalue weighted by atomic mass is 32.2. The Kier molecular flexibility index (Phi) is 12.1. The summed E-state index contributed by atoms with van der Waals surface area (Å²) >= 11 is 3.27. The molecule has 1 spiro atoms. The average Bonchev–Trinajstić information content (AvgIpc) is 3.75. The summed E-state index contributed by atoms with van der Waals surface area (Å²) in [5, 5.41) is 8.53. The molecule has 4 heterocycles. The molecule has 3 amide bonds. The zero-order chi connectivity index (χ0) is 33.6. The number of nitrogens with one attached hydrogen (secondary N) is 2. The van der Waals surface area contributed by atoms with E-state index in [1.165, 1.54) is 5.56 Å². The molecule has 3 aliphatic heterocycles. The van der Waals surface area contributed by atoms with Crippen molar-refractivity contribution in [3.05, 3.63) is 28.3 Å². The fraction of sp³-hybridized carbons (Fsp3) is 0.657. The summed E-state index contributed by atoms with van der Waals surface area (Å²) < 4.78 is 1.09. The maximum atomic E-state index is 13.4. The van der Waals surface area contributed by atoms with E-state index in [0.717, 1.165) is 121 Å². The van der Waals surface area contributed by atoms with E-state index < -0.39 is 0 Å². The highest BCUT2D eigenvalue weighted by Gasteiger charge is 2.39. The molecule has 0 unspecified atom stereocenters. The predicted octanol–water partition coefficient (Wildman–Crippen LogP) is 5.06. The number of piperidine rings is 2. The number of fused-ring (bicyclic) bond motifs is 1. The number of nitrogens with zero attached hydrogens (tertiary/aromatic N) is 5. The minimum atomic E-state index is 0.135. The number of thiazole rings is 1. The Morgan fingerprint density at radius 1 is 0.915 bits per heavy atom. The van der Waals surface area contributed by atoms with E-state index in [1.54, 1.807) is 23.1 Å². The van der Waals surface area contributed by atoms with Crippen molar-refractivity contribution in [2.24, 2.45) is 5.41 Å². The molecule has 0 bridgehead atoms. The number of carbonyl (C=O) groups is 3. The van der Waals surface area contributed by atoms with Gasteiger partial charge in [-0.15, -0.1) is 0 Å². The van der Waals surface area contributed by atoms with Gasteiger partial charge in [0, 0.05) is 44.2 Å². The van der Waals surface area contributed by atoms with Crippen molar-refractivity contribution in [2.45, 2.75) is 77.0 Å². The molecule has 3 fully saturated rings. The first-order chi connectivity index (χ1) is 22.6. The number of hydrogen-bond donors (Lipinski definition) is 2. The second kappa shape index (κ2) is 16.0. The van der Waals surface area contributed by atoms with Gasteiger partial charge >= 0.3 is 0 Å². The number of rotatable bonds is 12.